The lowest BCUT2D eigenvalue weighted by Gasteiger charge is -2.36. The van der Waals surface area contributed by atoms with Gasteiger partial charge in [0.2, 0.25) is 8.32 Å². The van der Waals surface area contributed by atoms with Gasteiger partial charge in [0.25, 0.3) is 0 Å². The molecule has 0 unspecified atom stereocenters. The lowest BCUT2D eigenvalue weighted by Crippen LogP contribution is -2.32. The number of benzene rings is 2. The Labute approximate surface area is 175 Å². The van der Waals surface area contributed by atoms with Crippen LogP contribution in [0.3, 0.4) is 0 Å². The molecule has 5 nitrogen and oxygen atoms in total. The van der Waals surface area contributed by atoms with Gasteiger partial charge in [-0.25, -0.2) is 0 Å². The van der Waals surface area contributed by atoms with Crippen molar-refractivity contribution in [2.75, 3.05) is 0 Å². The lowest BCUT2D eigenvalue weighted by molar-refractivity contribution is -0.0500. The van der Waals surface area contributed by atoms with Gasteiger partial charge in [-0.2, -0.15) is 21.6 Å². The summed E-state index contributed by atoms with van der Waals surface area (Å²) in [6, 6.07) is 8.16. The Morgan fingerprint density at radius 1 is 1.07 bits per heavy atom. The number of rotatable bonds is 4. The molecule has 30 heavy (non-hydrogen) atoms. The van der Waals surface area contributed by atoms with Crippen LogP contribution in [0.1, 0.15) is 25.0 Å². The molecule has 164 valence electrons. The van der Waals surface area contributed by atoms with E-state index in [1.54, 1.807) is 0 Å². The third-order valence-electron chi connectivity index (χ3n) is 4.40. The van der Waals surface area contributed by atoms with Gasteiger partial charge in [-0.15, -0.1) is 0 Å². The Morgan fingerprint density at radius 3 is 2.27 bits per heavy atom. The summed E-state index contributed by atoms with van der Waals surface area (Å²) in [7, 11) is -8.06. The first kappa shape index (κ1) is 22.5. The van der Waals surface area contributed by atoms with Crippen LogP contribution in [0.4, 0.5) is 13.2 Å². The van der Waals surface area contributed by atoms with E-state index >= 15 is 0 Å². The average Bonchev–Trinajstić information content (AvgIpc) is 2.50. The first-order valence-corrected chi connectivity index (χ1v) is 14.0. The van der Waals surface area contributed by atoms with E-state index in [9.17, 15) is 21.6 Å². The minimum atomic E-state index is -5.83. The molecule has 0 atom stereocenters. The summed E-state index contributed by atoms with van der Waals surface area (Å²) < 4.78 is 78.1. The van der Waals surface area contributed by atoms with Crippen molar-refractivity contribution in [1.29, 1.82) is 0 Å². The summed E-state index contributed by atoms with van der Waals surface area (Å²) in [5, 5.41) is 0. The molecule has 0 N–H and O–H groups in total. The van der Waals surface area contributed by atoms with Crippen LogP contribution in [0.2, 0.25) is 19.6 Å². The molecule has 3 rings (SSSR count). The number of ether oxygens (including phenoxy) is 1. The van der Waals surface area contributed by atoms with Crippen molar-refractivity contribution in [2.24, 2.45) is 0 Å². The van der Waals surface area contributed by atoms with Gasteiger partial charge in [-0.1, -0.05) is 23.8 Å². The number of aryl methyl sites for hydroxylation is 1. The topological polar surface area (TPSA) is 61.8 Å². The molecule has 1 heterocycles. The van der Waals surface area contributed by atoms with Crippen molar-refractivity contribution < 1.29 is 34.9 Å². The minimum Gasteiger partial charge on any atom is -0.544 e. The Hall–Kier alpha value is -2.20. The van der Waals surface area contributed by atoms with E-state index in [-0.39, 0.29) is 11.5 Å². The Balaban J connectivity index is 2.26. The summed E-state index contributed by atoms with van der Waals surface area (Å²) >= 11 is 0. The fourth-order valence-corrected chi connectivity index (χ4v) is 4.53. The van der Waals surface area contributed by atoms with E-state index < -0.39 is 35.3 Å². The van der Waals surface area contributed by atoms with Crippen LogP contribution in [0, 0.1) is 6.92 Å². The predicted octanol–water partition coefficient (Wildman–Crippen LogP) is 5.73. The highest BCUT2D eigenvalue weighted by atomic mass is 32.2. The monoisotopic (exact) mass is 460 g/mol. The summed E-state index contributed by atoms with van der Waals surface area (Å²) in [4.78, 5) is 0. The highest BCUT2D eigenvalue weighted by molar-refractivity contribution is 7.88. The maximum atomic E-state index is 12.8. The molecular weight excluding hydrogens is 437 g/mol. The third-order valence-corrected chi connectivity index (χ3v) is 6.21. The first-order valence-electron chi connectivity index (χ1n) is 9.18. The first-order chi connectivity index (χ1) is 13.5. The van der Waals surface area contributed by atoms with E-state index in [1.807, 2.05) is 58.6 Å². The standard InChI is InChI=1S/C20H23F3O5SSi/c1-12-7-8-15-14(9-12)18-16(26-19(15,2)3)10-13(11-17(18)28-30(4,5)6)27-29(24,25)20(21,22)23/h7-11H,1-6H3. The SMILES string of the molecule is Cc1ccc2c(c1)-c1c(cc(OS(=O)(=O)C(F)(F)F)cc1O[Si](C)(C)C)OC2(C)C. The second-order valence-corrected chi connectivity index (χ2v) is 14.6. The van der Waals surface area contributed by atoms with Crippen LogP contribution in [0.5, 0.6) is 17.2 Å². The van der Waals surface area contributed by atoms with Gasteiger partial charge in [0.05, 0.1) is 5.56 Å². The smallest absolute Gasteiger partial charge is 0.534 e. The van der Waals surface area contributed by atoms with Gasteiger partial charge in [0, 0.05) is 17.7 Å². The molecule has 0 saturated carbocycles. The molecule has 0 fully saturated rings. The van der Waals surface area contributed by atoms with E-state index in [0.29, 0.717) is 5.56 Å². The highest BCUT2D eigenvalue weighted by Gasteiger charge is 2.49. The molecule has 2 aromatic rings. The fourth-order valence-electron chi connectivity index (χ4n) is 3.26. The number of alkyl halides is 3. The van der Waals surface area contributed by atoms with Gasteiger partial charge >= 0.3 is 15.6 Å². The Morgan fingerprint density at radius 2 is 1.70 bits per heavy atom. The molecule has 0 aromatic heterocycles. The molecule has 0 aliphatic carbocycles. The van der Waals surface area contributed by atoms with E-state index in [0.717, 1.165) is 22.8 Å². The maximum Gasteiger partial charge on any atom is 0.534 e. The second-order valence-electron chi connectivity index (χ2n) is 8.65. The van der Waals surface area contributed by atoms with Crippen molar-refractivity contribution in [3.63, 3.8) is 0 Å². The van der Waals surface area contributed by atoms with Gasteiger partial charge < -0.3 is 13.3 Å². The van der Waals surface area contributed by atoms with Gasteiger partial charge in [-0.3, -0.25) is 0 Å². The van der Waals surface area contributed by atoms with Crippen LogP contribution in [0.15, 0.2) is 30.3 Å². The molecule has 0 spiro atoms. The molecule has 1 aliphatic rings. The molecule has 2 aromatic carbocycles. The largest absolute Gasteiger partial charge is 0.544 e. The van der Waals surface area contributed by atoms with E-state index in [4.69, 9.17) is 9.16 Å². The molecule has 0 bridgehead atoms. The second kappa shape index (κ2) is 6.91. The van der Waals surface area contributed by atoms with Crippen molar-refractivity contribution in [1.82, 2.24) is 0 Å². The summed E-state index contributed by atoms with van der Waals surface area (Å²) in [6.07, 6.45) is 0. The summed E-state index contributed by atoms with van der Waals surface area (Å²) in [5.74, 6) is -0.103. The van der Waals surface area contributed by atoms with Gasteiger partial charge in [0.1, 0.15) is 22.8 Å². The van der Waals surface area contributed by atoms with Crippen molar-refractivity contribution >= 4 is 18.4 Å². The molecule has 0 amide bonds. The molecular formula is C20H23F3O5SSi. The number of halogens is 3. The molecule has 10 heteroatoms. The van der Waals surface area contributed by atoms with Crippen LogP contribution < -0.4 is 13.3 Å². The van der Waals surface area contributed by atoms with Crippen molar-refractivity contribution in [3.8, 4) is 28.4 Å². The van der Waals surface area contributed by atoms with Gasteiger partial charge in [0.15, 0.2) is 0 Å². The minimum absolute atomic E-state index is 0.196. The lowest BCUT2D eigenvalue weighted by atomic mass is 9.85. The molecule has 1 aliphatic heterocycles. The predicted molar refractivity (Wildman–Crippen MR) is 110 cm³/mol. The highest BCUT2D eigenvalue weighted by Crippen LogP contribution is 2.52. The molecule has 0 radical (unpaired) electrons. The van der Waals surface area contributed by atoms with E-state index in [2.05, 4.69) is 4.18 Å². The van der Waals surface area contributed by atoms with Crippen LogP contribution in [-0.4, -0.2) is 22.2 Å². The van der Waals surface area contributed by atoms with Gasteiger partial charge in [-0.05, 0) is 46.0 Å². The normalized spacial score (nSPS) is 15.6. The van der Waals surface area contributed by atoms with Crippen molar-refractivity contribution in [3.05, 3.63) is 41.5 Å². The molecule has 0 saturated heterocycles. The summed E-state index contributed by atoms with van der Waals surface area (Å²) in [6.45, 7) is 11.3. The Kier molecular flexibility index (Phi) is 5.18. The number of fused-ring (bicyclic) bond motifs is 3. The van der Waals surface area contributed by atoms with E-state index in [1.165, 1.54) is 6.07 Å². The zero-order valence-corrected chi connectivity index (χ0v) is 19.3. The number of hydrogen-bond donors (Lipinski definition) is 0. The zero-order chi connectivity index (χ0) is 22.7. The third kappa shape index (κ3) is 4.29. The van der Waals surface area contributed by atoms with Crippen LogP contribution >= 0.6 is 0 Å². The summed E-state index contributed by atoms with van der Waals surface area (Å²) in [5.41, 5.74) is -3.10. The Bertz CT molecular complexity index is 1100. The van der Waals surface area contributed by atoms with Crippen LogP contribution in [-0.2, 0) is 15.7 Å². The maximum absolute atomic E-state index is 12.8. The fraction of sp³-hybridized carbons (Fsp3) is 0.400. The quantitative estimate of drug-likeness (QED) is 0.331. The zero-order valence-electron chi connectivity index (χ0n) is 17.5. The van der Waals surface area contributed by atoms with Crippen molar-refractivity contribution in [2.45, 2.75) is 51.5 Å². The van der Waals surface area contributed by atoms with Crippen LogP contribution in [0.25, 0.3) is 11.1 Å². The average molecular weight is 461 g/mol. The number of hydrogen-bond acceptors (Lipinski definition) is 5.